The number of halogens is 5. The molecule has 10 aliphatic heterocycles. The number of benzene rings is 10. The average Bonchev–Trinajstić information content (AvgIpc) is 1.59. The molecule has 10 heterocycles. The number of carbonyl (C=O) groups is 15. The van der Waals surface area contributed by atoms with Crippen LogP contribution in [-0.2, 0) is 113 Å². The summed E-state index contributed by atoms with van der Waals surface area (Å²) in [6.07, 6.45) is 0.896. The molecule has 0 radical (unpaired) electrons. The lowest BCUT2D eigenvalue weighted by atomic mass is 10.0. The number of hydrogen-bond donors (Lipinski definition) is 15. The molecule has 1 unspecified atom stereocenters. The normalized spacial score (nSPS) is 20.3. The maximum Gasteiger partial charge on any atom is 0.255 e. The molecule has 145 heavy (non-hydrogen) atoms. The Kier molecular flexibility index (Phi) is 29.6. The first-order valence-corrected chi connectivity index (χ1v) is 46.9. The number of amides is 15. The van der Waals surface area contributed by atoms with Gasteiger partial charge in [0.2, 0.25) is 59.1 Å². The minimum atomic E-state index is -1.84. The molecular weight excluding hydrogens is 1880 g/mol. The van der Waals surface area contributed by atoms with Gasteiger partial charge >= 0.3 is 0 Å². The van der Waals surface area contributed by atoms with Crippen LogP contribution in [0, 0.1) is 29.1 Å². The smallest absolute Gasteiger partial charge is 0.255 e. The maximum absolute atomic E-state index is 14.5. The molecule has 5 saturated heterocycles. The van der Waals surface area contributed by atoms with Crippen molar-refractivity contribution in [2.24, 2.45) is 0 Å². The van der Waals surface area contributed by atoms with Gasteiger partial charge in [0, 0.05) is 245 Å². The summed E-state index contributed by atoms with van der Waals surface area (Å²) in [6, 6.07) is 44.6. The molecule has 10 aliphatic rings. The third kappa shape index (κ3) is 21.6. The molecule has 5 atom stereocenters. The SMILES string of the molecule is CNc1cccc(CNc2cccc3c2CN([C@@H]2CCC(=O)NC2=O)C3=O)c1F.CNc1cccc(CNc2cccc3c2CN([C@H]2CCC(=O)NC2=O)C3=O)c1F.[2H]C1(N2Cc3c(NCc4cccc(NC)c4F)cccc3C2=O)CCC(=O)NC1=O.[2H][C@@]1(N2Cc3c(NCc4cccc(NC)c4F)cccc3C2=O)CCC(=O)NC1=O.[2H][C@]1(N2Cc3c(NCc4cccc(NC)c4F)cccc3C2=O)CCC(=O)NC1=O. The van der Waals surface area contributed by atoms with E-state index in [0.29, 0.717) is 131 Å². The van der Waals surface area contributed by atoms with E-state index in [1.165, 1.54) is 24.5 Å². The van der Waals surface area contributed by atoms with Crippen molar-refractivity contribution in [1.82, 2.24) is 51.1 Å². The molecule has 750 valence electrons. The highest BCUT2D eigenvalue weighted by atomic mass is 19.1. The number of fused-ring (bicyclic) bond motifs is 5. The number of carbonyl (C=O) groups excluding carboxylic acids is 15. The minimum Gasteiger partial charge on any atom is -0.386 e. The summed E-state index contributed by atoms with van der Waals surface area (Å²) < 4.78 is 98.0. The topological polar surface area (TPSA) is 453 Å². The van der Waals surface area contributed by atoms with Crippen LogP contribution in [0.25, 0.3) is 0 Å². The van der Waals surface area contributed by atoms with E-state index < -0.39 is 95.1 Å². The van der Waals surface area contributed by atoms with Crippen LogP contribution < -0.4 is 79.8 Å². The molecular formula is C105H105F5N20O15. The molecule has 15 amide bonds. The maximum atomic E-state index is 14.5. The fourth-order valence-corrected chi connectivity index (χ4v) is 18.7. The van der Waals surface area contributed by atoms with Crippen molar-refractivity contribution in [2.75, 3.05) is 88.4 Å². The van der Waals surface area contributed by atoms with E-state index in [9.17, 15) is 93.9 Å². The number of piperidine rings is 5. The molecule has 5 fully saturated rings. The fraction of sp³-hybridized carbons (Fsp3) is 0.286. The molecule has 35 nitrogen and oxygen atoms in total. The molecule has 20 rings (SSSR count). The van der Waals surface area contributed by atoms with E-state index >= 15 is 0 Å². The van der Waals surface area contributed by atoms with Gasteiger partial charge in [0.15, 0.2) is 29.1 Å². The van der Waals surface area contributed by atoms with Crippen molar-refractivity contribution in [3.63, 3.8) is 0 Å². The van der Waals surface area contributed by atoms with Gasteiger partial charge in [0.1, 0.15) is 30.1 Å². The third-order valence-corrected chi connectivity index (χ3v) is 26.4. The number of imide groups is 5. The Labute approximate surface area is 833 Å². The number of nitrogens with zero attached hydrogens (tertiary/aromatic N) is 5. The second-order valence-corrected chi connectivity index (χ2v) is 35.0. The van der Waals surface area contributed by atoms with Gasteiger partial charge < -0.3 is 77.7 Å². The molecule has 0 aliphatic carbocycles. The van der Waals surface area contributed by atoms with E-state index in [0.717, 1.165) is 22.5 Å². The summed E-state index contributed by atoms with van der Waals surface area (Å²) in [6.45, 7) is 1.82. The molecule has 0 bridgehead atoms. The van der Waals surface area contributed by atoms with Crippen molar-refractivity contribution in [3.8, 4) is 0 Å². The van der Waals surface area contributed by atoms with Crippen molar-refractivity contribution in [1.29, 1.82) is 0 Å². The Morgan fingerprint density at radius 1 is 0.248 bits per heavy atom. The quantitative estimate of drug-likeness (QED) is 0.0187. The number of hydrogen-bond acceptors (Lipinski definition) is 25. The van der Waals surface area contributed by atoms with Gasteiger partial charge in [-0.1, -0.05) is 91.0 Å². The van der Waals surface area contributed by atoms with Gasteiger partial charge in [-0.25, -0.2) is 22.0 Å². The summed E-state index contributed by atoms with van der Waals surface area (Å²) >= 11 is 0. The van der Waals surface area contributed by atoms with E-state index in [2.05, 4.69) is 79.8 Å². The summed E-state index contributed by atoms with van der Waals surface area (Å²) in [4.78, 5) is 190. The largest absolute Gasteiger partial charge is 0.386 e. The summed E-state index contributed by atoms with van der Waals surface area (Å²) in [5.74, 6) is -8.70. The Balaban J connectivity index is 0.000000132. The molecule has 0 spiro atoms. The van der Waals surface area contributed by atoms with Crippen LogP contribution in [0.15, 0.2) is 182 Å². The highest BCUT2D eigenvalue weighted by molar-refractivity contribution is 6.11. The van der Waals surface area contributed by atoms with Gasteiger partial charge in [0.25, 0.3) is 29.5 Å². The second kappa shape index (κ2) is 44.4. The van der Waals surface area contributed by atoms with E-state index in [4.69, 9.17) is 4.11 Å². The predicted molar refractivity (Wildman–Crippen MR) is 529 cm³/mol. The highest BCUT2D eigenvalue weighted by Gasteiger charge is 2.46. The zero-order chi connectivity index (χ0) is 105. The lowest BCUT2D eigenvalue weighted by Gasteiger charge is -2.29. The summed E-state index contributed by atoms with van der Waals surface area (Å²) in [5.41, 5.74) is 13.4. The van der Waals surface area contributed by atoms with Gasteiger partial charge in [-0.2, -0.15) is 0 Å². The second-order valence-electron chi connectivity index (χ2n) is 35.0. The Bertz CT molecular complexity index is 6550. The molecule has 10 aromatic carbocycles. The minimum absolute atomic E-state index is 0.00154. The van der Waals surface area contributed by atoms with Gasteiger partial charge in [-0.05, 0) is 123 Å². The highest BCUT2D eigenvalue weighted by Crippen LogP contribution is 2.41. The lowest BCUT2D eigenvalue weighted by molar-refractivity contribution is -0.138. The van der Waals surface area contributed by atoms with Crippen molar-refractivity contribution in [3.05, 3.63) is 295 Å². The first-order chi connectivity index (χ1) is 71.0. The lowest BCUT2D eigenvalue weighted by Crippen LogP contribution is -2.52. The van der Waals surface area contributed by atoms with Gasteiger partial charge in [0.05, 0.1) is 32.5 Å². The van der Waals surface area contributed by atoms with Gasteiger partial charge in [-0.15, -0.1) is 0 Å². The van der Waals surface area contributed by atoms with Crippen molar-refractivity contribution < 1.29 is 98.0 Å². The van der Waals surface area contributed by atoms with Crippen molar-refractivity contribution >= 4 is 145 Å². The zero-order valence-electron chi connectivity index (χ0n) is 82.4. The first-order valence-electron chi connectivity index (χ1n) is 48.4. The summed E-state index contributed by atoms with van der Waals surface area (Å²) in [7, 11) is 8.26. The van der Waals surface area contributed by atoms with Crippen LogP contribution in [0.2, 0.25) is 0 Å². The standard InChI is InChI=1S/5C21H21FN4O3/c5*1-23-16-7-2-4-12(19(16)22)10-24-15-6-3-5-13-14(15)11-26(21(13)29)17-8-9-18(27)25-20(17)28/h5*2-7,17,23-24H,8-11H2,1H3,(H,25,27,28)/t4*17-;/m1100./s1/i17D;;17D;;17D. The average molecular weight is 1990 g/mol. The van der Waals surface area contributed by atoms with E-state index in [1.807, 2.05) is 12.1 Å². The number of rotatable bonds is 25. The van der Waals surface area contributed by atoms with Crippen LogP contribution >= 0.6 is 0 Å². The Morgan fingerprint density at radius 2 is 0.428 bits per heavy atom. The molecule has 15 N–H and O–H groups in total. The Hall–Kier alpha value is -17.1. The van der Waals surface area contributed by atoms with Crippen LogP contribution in [-0.4, -0.2) is 178 Å². The van der Waals surface area contributed by atoms with Crippen molar-refractivity contribution in [2.45, 2.75) is 160 Å². The van der Waals surface area contributed by atoms with Crippen LogP contribution in [0.4, 0.5) is 78.8 Å². The van der Waals surface area contributed by atoms with Crippen LogP contribution in [0.5, 0.6) is 0 Å². The Morgan fingerprint density at radius 3 is 0.628 bits per heavy atom. The van der Waals surface area contributed by atoms with Crippen LogP contribution in [0.1, 0.15) is 176 Å². The van der Waals surface area contributed by atoms with E-state index in [1.54, 1.807) is 205 Å². The first kappa shape index (κ1) is 96.8. The molecule has 0 aromatic heterocycles. The van der Waals surface area contributed by atoms with Crippen LogP contribution in [0.3, 0.4) is 0 Å². The zero-order valence-corrected chi connectivity index (χ0v) is 79.4. The summed E-state index contributed by atoms with van der Waals surface area (Å²) in [5, 5.41) is 41.0. The monoisotopic (exact) mass is 1980 g/mol. The van der Waals surface area contributed by atoms with Gasteiger partial charge in [-0.3, -0.25) is 98.5 Å². The number of nitrogens with one attached hydrogen (secondary N) is 15. The number of anilines is 10. The predicted octanol–water partition coefficient (Wildman–Crippen LogP) is 11.2. The third-order valence-electron chi connectivity index (χ3n) is 26.4. The molecule has 10 aromatic rings. The molecule has 0 saturated carbocycles. The fourth-order valence-electron chi connectivity index (χ4n) is 18.7. The molecule has 40 heteroatoms. The van der Waals surface area contributed by atoms with E-state index in [-0.39, 0.29) is 170 Å².